The lowest BCUT2D eigenvalue weighted by Crippen LogP contribution is -2.47. The van der Waals surface area contributed by atoms with Crippen LogP contribution in [0.3, 0.4) is 0 Å². The zero-order valence-corrected chi connectivity index (χ0v) is 17.6. The Morgan fingerprint density at radius 3 is 1.14 bits per heavy atom. The molecule has 0 saturated heterocycles. The summed E-state index contributed by atoms with van der Waals surface area (Å²) in [6.07, 6.45) is 1.74. The van der Waals surface area contributed by atoms with Crippen molar-refractivity contribution in [3.63, 3.8) is 0 Å². The molecule has 0 aromatic heterocycles. The molecule has 0 saturated carbocycles. The van der Waals surface area contributed by atoms with Crippen LogP contribution in [-0.2, 0) is 18.9 Å². The molecule has 0 N–H and O–H groups in total. The Hall–Kier alpha value is -0.506. The first-order valence-corrected chi connectivity index (χ1v) is 10.6. The molecule has 0 amide bonds. The number of benzene rings is 1. The molecule has 0 unspecified atom stereocenters. The number of hydrogen-bond acceptors (Lipinski definition) is 4. The molecule has 0 aliphatic rings. The molecule has 0 radical (unpaired) electrons. The van der Waals surface area contributed by atoms with Gasteiger partial charge in [0, 0.05) is 28.4 Å². The molecule has 1 rings (SSSR count). The minimum absolute atomic E-state index is 0.398. The van der Waals surface area contributed by atoms with Gasteiger partial charge < -0.3 is 18.9 Å². The third-order valence-corrected chi connectivity index (χ3v) is 9.53. The first-order valence-electron chi connectivity index (χ1n) is 7.81. The van der Waals surface area contributed by atoms with E-state index in [9.17, 15) is 0 Å². The van der Waals surface area contributed by atoms with Crippen LogP contribution in [0.15, 0.2) is 24.3 Å². The molecule has 126 valence electrons. The predicted molar refractivity (Wildman–Crippen MR) is 96.9 cm³/mol. The van der Waals surface area contributed by atoms with Gasteiger partial charge in [-0.3, -0.25) is 0 Å². The Balaban J connectivity index is 2.82. The van der Waals surface area contributed by atoms with Crippen LogP contribution in [0.2, 0.25) is 0 Å². The maximum absolute atomic E-state index is 5.61. The van der Waals surface area contributed by atoms with Crippen molar-refractivity contribution in [1.82, 2.24) is 0 Å². The van der Waals surface area contributed by atoms with E-state index in [0.717, 1.165) is 12.8 Å². The van der Waals surface area contributed by atoms with Crippen LogP contribution >= 0.6 is 0 Å². The number of rotatable bonds is 10. The lowest BCUT2D eigenvalue weighted by molar-refractivity contribution is -0.145. The monoisotopic (exact) mass is 342 g/mol. The van der Waals surface area contributed by atoms with Crippen LogP contribution in [0.1, 0.15) is 26.7 Å². The zero-order valence-electron chi connectivity index (χ0n) is 14.8. The SMILES string of the molecule is CCC(OC)(OC)[SiH2]c1ccc([SiH2]C(CC)(OC)OC)cc1. The fraction of sp³-hybridized carbons (Fsp3) is 0.625. The lowest BCUT2D eigenvalue weighted by atomic mass is 10.4. The summed E-state index contributed by atoms with van der Waals surface area (Å²) in [5, 5.41) is 2.69. The molecule has 0 heterocycles. The van der Waals surface area contributed by atoms with Gasteiger partial charge >= 0.3 is 0 Å². The second-order valence-corrected chi connectivity index (χ2v) is 10.0. The number of hydrogen-bond donors (Lipinski definition) is 0. The van der Waals surface area contributed by atoms with Crippen LogP contribution in [0.5, 0.6) is 0 Å². The average Bonchev–Trinajstić information content (AvgIpc) is 2.59. The minimum Gasteiger partial charge on any atom is -0.357 e. The van der Waals surface area contributed by atoms with E-state index in [1.54, 1.807) is 28.4 Å². The molecule has 0 bridgehead atoms. The van der Waals surface area contributed by atoms with Gasteiger partial charge in [-0.1, -0.05) is 48.5 Å². The summed E-state index contributed by atoms with van der Waals surface area (Å²) in [5.41, 5.74) is -0.795. The molecule has 1 aromatic rings. The largest absolute Gasteiger partial charge is 0.357 e. The standard InChI is InChI=1S/C16H30O4Si2/c1-7-15(17-3,18-4)21-13-9-11-14(12-10-13)22-16(8-2,19-5)20-6/h9-12H,7-8,21-22H2,1-6H3. The molecule has 0 aliphatic heterocycles. The average molecular weight is 343 g/mol. The Morgan fingerprint density at radius 1 is 0.682 bits per heavy atom. The third-order valence-electron chi connectivity index (χ3n) is 4.54. The molecule has 0 fully saturated rings. The summed E-state index contributed by atoms with van der Waals surface area (Å²) in [4.78, 5) is 0. The smallest absolute Gasteiger partial charge is 0.148 e. The molecule has 4 nitrogen and oxygen atoms in total. The Kier molecular flexibility index (Phi) is 7.95. The molecule has 0 spiro atoms. The molecular weight excluding hydrogens is 312 g/mol. The third kappa shape index (κ3) is 4.74. The summed E-state index contributed by atoms with van der Waals surface area (Å²) >= 11 is 0. The number of methoxy groups -OCH3 is 4. The van der Waals surface area contributed by atoms with E-state index >= 15 is 0 Å². The van der Waals surface area contributed by atoms with Gasteiger partial charge in [-0.25, -0.2) is 0 Å². The normalized spacial score (nSPS) is 13.7. The van der Waals surface area contributed by atoms with E-state index in [0.29, 0.717) is 0 Å². The Bertz CT molecular complexity index is 371. The van der Waals surface area contributed by atoms with Crippen LogP contribution in [0.4, 0.5) is 0 Å². The minimum atomic E-state index is -0.669. The fourth-order valence-corrected chi connectivity index (χ4v) is 5.94. The van der Waals surface area contributed by atoms with Gasteiger partial charge in [0.05, 0.1) is 0 Å². The lowest BCUT2D eigenvalue weighted by Gasteiger charge is -2.30. The summed E-state index contributed by atoms with van der Waals surface area (Å²) in [5.74, 6) is 0. The van der Waals surface area contributed by atoms with Gasteiger partial charge in [0.1, 0.15) is 29.9 Å². The van der Waals surface area contributed by atoms with E-state index in [4.69, 9.17) is 18.9 Å². The van der Waals surface area contributed by atoms with Crippen LogP contribution < -0.4 is 10.4 Å². The summed E-state index contributed by atoms with van der Waals surface area (Å²) in [6.45, 7) is 4.21. The van der Waals surface area contributed by atoms with Crippen molar-refractivity contribution in [3.8, 4) is 0 Å². The van der Waals surface area contributed by atoms with Gasteiger partial charge in [-0.05, 0) is 12.8 Å². The highest BCUT2D eigenvalue weighted by atomic mass is 28.2. The van der Waals surface area contributed by atoms with Crippen LogP contribution in [-0.4, -0.2) is 58.3 Å². The topological polar surface area (TPSA) is 36.9 Å². The van der Waals surface area contributed by atoms with E-state index in [-0.39, 0.29) is 0 Å². The highest BCUT2D eigenvalue weighted by Crippen LogP contribution is 2.15. The summed E-state index contributed by atoms with van der Waals surface area (Å²) in [7, 11) is 5.58. The molecule has 1 aromatic carbocycles. The van der Waals surface area contributed by atoms with E-state index in [1.165, 1.54) is 10.4 Å². The van der Waals surface area contributed by atoms with Crippen molar-refractivity contribution in [2.24, 2.45) is 0 Å². The predicted octanol–water partition coefficient (Wildman–Crippen LogP) is -0.0120. The van der Waals surface area contributed by atoms with Crippen molar-refractivity contribution in [2.45, 2.75) is 37.5 Å². The fourth-order valence-electron chi connectivity index (χ4n) is 2.68. The van der Waals surface area contributed by atoms with E-state index in [1.807, 2.05) is 0 Å². The van der Waals surface area contributed by atoms with Gasteiger partial charge in [-0.2, -0.15) is 0 Å². The number of ether oxygens (including phenoxy) is 4. The zero-order chi connectivity index (χ0) is 16.6. The van der Waals surface area contributed by atoms with Gasteiger partial charge in [0.2, 0.25) is 0 Å². The molecule has 6 heteroatoms. The molecule has 0 aliphatic carbocycles. The van der Waals surface area contributed by atoms with Crippen molar-refractivity contribution in [2.75, 3.05) is 28.4 Å². The molecular formula is C16H30O4Si2. The van der Waals surface area contributed by atoms with Crippen molar-refractivity contribution in [1.29, 1.82) is 0 Å². The van der Waals surface area contributed by atoms with Crippen molar-refractivity contribution < 1.29 is 18.9 Å². The van der Waals surface area contributed by atoms with E-state index in [2.05, 4.69) is 38.1 Å². The Morgan fingerprint density at radius 2 is 0.955 bits per heavy atom. The maximum atomic E-state index is 5.61. The van der Waals surface area contributed by atoms with Crippen LogP contribution in [0, 0.1) is 0 Å². The second kappa shape index (κ2) is 8.95. The quantitative estimate of drug-likeness (QED) is 0.443. The second-order valence-electron chi connectivity index (χ2n) is 5.52. The first kappa shape index (κ1) is 19.5. The maximum Gasteiger partial charge on any atom is 0.148 e. The van der Waals surface area contributed by atoms with Gasteiger partial charge in [-0.15, -0.1) is 0 Å². The molecule has 0 atom stereocenters. The van der Waals surface area contributed by atoms with Crippen LogP contribution in [0.25, 0.3) is 0 Å². The highest BCUT2D eigenvalue weighted by Gasteiger charge is 2.29. The summed E-state index contributed by atoms with van der Waals surface area (Å²) < 4.78 is 22.4. The van der Waals surface area contributed by atoms with Crippen molar-refractivity contribution >= 4 is 29.4 Å². The van der Waals surface area contributed by atoms with Gasteiger partial charge in [0.15, 0.2) is 0 Å². The van der Waals surface area contributed by atoms with E-state index < -0.39 is 29.9 Å². The Labute approximate surface area is 139 Å². The highest BCUT2D eigenvalue weighted by molar-refractivity contribution is 6.58. The molecule has 22 heavy (non-hydrogen) atoms. The van der Waals surface area contributed by atoms with Gasteiger partial charge in [0.25, 0.3) is 0 Å². The first-order chi connectivity index (χ1) is 10.5. The van der Waals surface area contributed by atoms with Crippen molar-refractivity contribution in [3.05, 3.63) is 24.3 Å². The summed E-state index contributed by atoms with van der Waals surface area (Å²) in [6, 6.07) is 8.84.